The van der Waals surface area contributed by atoms with Gasteiger partial charge in [0.15, 0.2) is 0 Å². The van der Waals surface area contributed by atoms with Crippen molar-refractivity contribution in [2.24, 2.45) is 35.5 Å². The first-order valence-corrected chi connectivity index (χ1v) is 12.1. The number of hydrogen-bond acceptors (Lipinski definition) is 2. The molecule has 1 aromatic carbocycles. The van der Waals surface area contributed by atoms with Gasteiger partial charge in [-0.1, -0.05) is 18.9 Å². The predicted molar refractivity (Wildman–Crippen MR) is 114 cm³/mol. The number of carbonyl (C=O) groups is 1. The fourth-order valence-electron chi connectivity index (χ4n) is 6.64. The lowest BCUT2D eigenvalue weighted by molar-refractivity contribution is -0.144. The highest BCUT2D eigenvalue weighted by Crippen LogP contribution is 2.50. The molecule has 0 bridgehead atoms. The Kier molecular flexibility index (Phi) is 7.15. The number of halogens is 5. The lowest BCUT2D eigenvalue weighted by Crippen LogP contribution is -2.40. The third-order valence-corrected chi connectivity index (χ3v) is 8.33. The average molecular weight is 471 g/mol. The molecule has 0 saturated heterocycles. The molecule has 33 heavy (non-hydrogen) atoms. The number of carbonyl (C=O) groups excluding carboxylic acids is 1. The van der Waals surface area contributed by atoms with Crippen LogP contribution in [0.25, 0.3) is 0 Å². The van der Waals surface area contributed by atoms with Gasteiger partial charge in [-0.3, -0.25) is 4.79 Å². The molecule has 4 atom stereocenters. The van der Waals surface area contributed by atoms with Crippen molar-refractivity contribution in [3.8, 4) is 5.75 Å². The van der Waals surface area contributed by atoms with E-state index in [1.54, 1.807) is 0 Å². The van der Waals surface area contributed by atoms with Crippen LogP contribution in [0.4, 0.5) is 22.0 Å². The molecule has 0 N–H and O–H groups in total. The molecular weight excluding hydrogens is 439 g/mol. The van der Waals surface area contributed by atoms with E-state index in [0.717, 1.165) is 38.0 Å². The van der Waals surface area contributed by atoms with E-state index in [0.29, 0.717) is 36.3 Å². The van der Waals surface area contributed by atoms with Crippen molar-refractivity contribution in [2.75, 3.05) is 0 Å². The van der Waals surface area contributed by atoms with E-state index in [2.05, 4.69) is 12.7 Å². The molecule has 3 saturated carbocycles. The zero-order chi connectivity index (χ0) is 23.8. The van der Waals surface area contributed by atoms with Crippen LogP contribution in [0, 0.1) is 47.1 Å². The maximum atomic E-state index is 13.9. The van der Waals surface area contributed by atoms with E-state index >= 15 is 0 Å². The summed E-state index contributed by atoms with van der Waals surface area (Å²) in [6.45, 7) is 3.92. The van der Waals surface area contributed by atoms with Crippen molar-refractivity contribution in [1.82, 2.24) is 0 Å². The number of alkyl halides is 3. The van der Waals surface area contributed by atoms with Crippen LogP contribution in [0.5, 0.6) is 5.75 Å². The minimum atomic E-state index is -5.16. The maximum Gasteiger partial charge on any atom is 0.422 e. The van der Waals surface area contributed by atoms with Gasteiger partial charge in [0.25, 0.3) is 0 Å². The molecule has 4 unspecified atom stereocenters. The number of esters is 1. The maximum absolute atomic E-state index is 13.9. The first-order chi connectivity index (χ1) is 15.7. The highest BCUT2D eigenvalue weighted by atomic mass is 19.4. The molecule has 0 aromatic heterocycles. The van der Waals surface area contributed by atoms with Crippen LogP contribution >= 0.6 is 0 Å². The molecule has 7 heteroatoms. The molecule has 1 aromatic rings. The molecule has 0 heterocycles. The van der Waals surface area contributed by atoms with Gasteiger partial charge < -0.3 is 4.74 Å². The van der Waals surface area contributed by atoms with Crippen molar-refractivity contribution in [1.29, 1.82) is 0 Å². The van der Waals surface area contributed by atoms with Gasteiger partial charge in [0.1, 0.15) is 22.9 Å². The summed E-state index contributed by atoms with van der Waals surface area (Å²) >= 11 is 0. The number of allylic oxidation sites excluding steroid dienone is 1. The molecular formula is C26H31F5O2. The number of benzene rings is 1. The Balaban J connectivity index is 1.39. The number of ether oxygens (including phenoxy) is 1. The van der Waals surface area contributed by atoms with Gasteiger partial charge in [-0.2, -0.15) is 13.2 Å². The van der Waals surface area contributed by atoms with Crippen molar-refractivity contribution in [2.45, 2.75) is 70.4 Å². The predicted octanol–water partition coefficient (Wildman–Crippen LogP) is 7.71. The van der Waals surface area contributed by atoms with Gasteiger partial charge in [0.2, 0.25) is 0 Å². The van der Waals surface area contributed by atoms with Crippen molar-refractivity contribution in [3.05, 3.63) is 42.0 Å². The Morgan fingerprint density at radius 1 is 0.909 bits per heavy atom. The molecule has 0 amide bonds. The molecule has 0 radical (unpaired) electrons. The van der Waals surface area contributed by atoms with Crippen LogP contribution in [0.3, 0.4) is 0 Å². The zero-order valence-electron chi connectivity index (χ0n) is 18.7. The van der Waals surface area contributed by atoms with Gasteiger partial charge in [-0.15, -0.1) is 6.58 Å². The van der Waals surface area contributed by atoms with Gasteiger partial charge in [0.05, 0.1) is 5.92 Å². The summed E-state index contributed by atoms with van der Waals surface area (Å²) in [6.07, 6.45) is 7.46. The number of hydrogen-bond donors (Lipinski definition) is 0. The van der Waals surface area contributed by atoms with E-state index in [4.69, 9.17) is 4.74 Å². The Morgan fingerprint density at radius 2 is 1.55 bits per heavy atom. The summed E-state index contributed by atoms with van der Waals surface area (Å²) in [6, 6.07) is 0.890. The average Bonchev–Trinajstić information content (AvgIpc) is 2.77. The molecule has 0 aliphatic heterocycles. The van der Waals surface area contributed by atoms with E-state index in [1.807, 2.05) is 0 Å². The zero-order valence-corrected chi connectivity index (χ0v) is 18.7. The molecule has 3 aliphatic carbocycles. The SMILES string of the molecule is C=CC1CCC(C2CCC3C(CCCC3C(=O)Oc3cc(F)c(C(F)(F)F)c(F)c3)C2)CC1. The Hall–Kier alpha value is -1.92. The van der Waals surface area contributed by atoms with Crippen LogP contribution in [-0.2, 0) is 11.0 Å². The van der Waals surface area contributed by atoms with E-state index in [9.17, 15) is 26.7 Å². The molecule has 2 nitrogen and oxygen atoms in total. The first kappa shape index (κ1) is 24.2. The standard InChI is InChI=1S/C26H31F5O2/c1-2-15-6-8-16(9-7-15)17-10-11-20-18(12-17)4-3-5-21(20)25(32)33-19-13-22(27)24(23(28)14-19)26(29,30)31/h2,13-18,20-21H,1,3-12H2. The van der Waals surface area contributed by atoms with E-state index in [1.165, 1.54) is 25.7 Å². The van der Waals surface area contributed by atoms with Crippen LogP contribution in [-0.4, -0.2) is 5.97 Å². The van der Waals surface area contributed by atoms with Crippen molar-refractivity contribution in [3.63, 3.8) is 0 Å². The van der Waals surface area contributed by atoms with Crippen LogP contribution in [0.1, 0.15) is 69.8 Å². The summed E-state index contributed by atoms with van der Waals surface area (Å²) in [4.78, 5) is 12.9. The monoisotopic (exact) mass is 470 g/mol. The fraction of sp³-hybridized carbons (Fsp3) is 0.654. The third kappa shape index (κ3) is 5.27. The van der Waals surface area contributed by atoms with Crippen LogP contribution < -0.4 is 4.74 Å². The molecule has 4 rings (SSSR count). The van der Waals surface area contributed by atoms with Gasteiger partial charge in [0, 0.05) is 12.1 Å². The van der Waals surface area contributed by atoms with E-state index < -0.39 is 35.1 Å². The summed E-state index contributed by atoms with van der Waals surface area (Å²) in [5.41, 5.74) is -1.97. The minimum absolute atomic E-state index is 0.163. The minimum Gasteiger partial charge on any atom is -0.426 e. The Labute approximate surface area is 191 Å². The lowest BCUT2D eigenvalue weighted by atomic mass is 9.59. The van der Waals surface area contributed by atoms with Crippen LogP contribution in [0.15, 0.2) is 24.8 Å². The second-order valence-corrected chi connectivity index (χ2v) is 10.1. The molecule has 182 valence electrons. The highest BCUT2D eigenvalue weighted by Gasteiger charge is 2.44. The van der Waals surface area contributed by atoms with Gasteiger partial charge in [-0.25, -0.2) is 8.78 Å². The largest absolute Gasteiger partial charge is 0.426 e. The first-order valence-electron chi connectivity index (χ1n) is 12.1. The summed E-state index contributed by atoms with van der Waals surface area (Å²) in [7, 11) is 0. The van der Waals surface area contributed by atoms with E-state index in [-0.39, 0.29) is 11.8 Å². The Bertz CT molecular complexity index is 849. The van der Waals surface area contributed by atoms with Crippen molar-refractivity contribution < 1.29 is 31.5 Å². The molecule has 3 fully saturated rings. The number of fused-ring (bicyclic) bond motifs is 1. The Morgan fingerprint density at radius 3 is 2.15 bits per heavy atom. The summed E-state index contributed by atoms with van der Waals surface area (Å²) in [5, 5.41) is 0. The molecule has 0 spiro atoms. The smallest absolute Gasteiger partial charge is 0.422 e. The number of rotatable bonds is 4. The topological polar surface area (TPSA) is 26.3 Å². The normalized spacial score (nSPS) is 32.6. The molecule has 3 aliphatic rings. The highest BCUT2D eigenvalue weighted by molar-refractivity contribution is 5.75. The third-order valence-electron chi connectivity index (χ3n) is 8.33. The van der Waals surface area contributed by atoms with Gasteiger partial charge >= 0.3 is 12.1 Å². The quantitative estimate of drug-likeness (QED) is 0.195. The summed E-state index contributed by atoms with van der Waals surface area (Å²) < 4.78 is 71.3. The van der Waals surface area contributed by atoms with Crippen molar-refractivity contribution >= 4 is 5.97 Å². The lowest BCUT2D eigenvalue weighted by Gasteiger charge is -2.45. The van der Waals surface area contributed by atoms with Gasteiger partial charge in [-0.05, 0) is 81.0 Å². The summed E-state index contributed by atoms with van der Waals surface area (Å²) in [5.74, 6) is -2.43. The van der Waals surface area contributed by atoms with Crippen LogP contribution in [0.2, 0.25) is 0 Å². The second kappa shape index (κ2) is 9.75. The second-order valence-electron chi connectivity index (χ2n) is 10.1. The fourth-order valence-corrected chi connectivity index (χ4v) is 6.64.